The Kier molecular flexibility index (Phi) is 3.94. The maximum atomic E-state index is 12.9. The van der Waals surface area contributed by atoms with Gasteiger partial charge in [0.25, 0.3) is 0 Å². The standard InChI is InChI=1S/C16H26N2O2/c1-5-15(4)14(20)18(11-8-12(2)3)16(13(19)17-15)9-6-7-10-16/h8H,5-7,9-11H2,1-4H3,(H,17,19). The van der Waals surface area contributed by atoms with Gasteiger partial charge in [0.1, 0.15) is 11.1 Å². The van der Waals surface area contributed by atoms with Crippen LogP contribution in [0.5, 0.6) is 0 Å². The fraction of sp³-hybridized carbons (Fsp3) is 0.750. The van der Waals surface area contributed by atoms with Crippen molar-refractivity contribution in [1.29, 1.82) is 0 Å². The molecule has 1 saturated heterocycles. The first-order chi connectivity index (χ1) is 9.35. The molecule has 0 aromatic heterocycles. The molecule has 0 aromatic rings. The van der Waals surface area contributed by atoms with E-state index < -0.39 is 11.1 Å². The number of nitrogens with one attached hydrogen (secondary N) is 1. The van der Waals surface area contributed by atoms with Crippen molar-refractivity contribution in [3.05, 3.63) is 11.6 Å². The summed E-state index contributed by atoms with van der Waals surface area (Å²) in [6.07, 6.45) is 6.30. The fourth-order valence-corrected chi connectivity index (χ4v) is 3.26. The largest absolute Gasteiger partial charge is 0.340 e. The van der Waals surface area contributed by atoms with Gasteiger partial charge < -0.3 is 10.2 Å². The van der Waals surface area contributed by atoms with Gasteiger partial charge in [-0.1, -0.05) is 31.4 Å². The van der Waals surface area contributed by atoms with Gasteiger partial charge in [-0.2, -0.15) is 0 Å². The summed E-state index contributed by atoms with van der Waals surface area (Å²) in [6.45, 7) is 8.38. The minimum absolute atomic E-state index is 0.0427. The Morgan fingerprint density at radius 1 is 1.30 bits per heavy atom. The molecule has 2 aliphatic rings. The number of carbonyl (C=O) groups excluding carboxylic acids is 2. The zero-order valence-corrected chi connectivity index (χ0v) is 13.1. The molecule has 1 aliphatic heterocycles. The molecule has 1 spiro atoms. The monoisotopic (exact) mass is 278 g/mol. The number of piperazine rings is 1. The molecule has 4 heteroatoms. The average molecular weight is 278 g/mol. The lowest BCUT2D eigenvalue weighted by molar-refractivity contribution is -0.161. The molecule has 0 aromatic carbocycles. The van der Waals surface area contributed by atoms with E-state index in [1.54, 1.807) is 0 Å². The fourth-order valence-electron chi connectivity index (χ4n) is 3.26. The lowest BCUT2D eigenvalue weighted by atomic mass is 9.83. The van der Waals surface area contributed by atoms with Crippen LogP contribution in [0.1, 0.15) is 59.8 Å². The van der Waals surface area contributed by atoms with E-state index in [2.05, 4.69) is 5.32 Å². The molecule has 1 heterocycles. The van der Waals surface area contributed by atoms with Gasteiger partial charge in [-0.15, -0.1) is 0 Å². The van der Waals surface area contributed by atoms with Crippen molar-refractivity contribution in [2.75, 3.05) is 6.54 Å². The van der Waals surface area contributed by atoms with E-state index in [0.29, 0.717) is 13.0 Å². The molecule has 2 rings (SSSR count). The number of hydrogen-bond acceptors (Lipinski definition) is 2. The average Bonchev–Trinajstić information content (AvgIpc) is 2.87. The van der Waals surface area contributed by atoms with Gasteiger partial charge in [0.2, 0.25) is 11.8 Å². The van der Waals surface area contributed by atoms with Crippen LogP contribution in [0.25, 0.3) is 0 Å². The quantitative estimate of drug-likeness (QED) is 0.806. The van der Waals surface area contributed by atoms with Crippen molar-refractivity contribution in [3.8, 4) is 0 Å². The number of carbonyl (C=O) groups is 2. The summed E-state index contributed by atoms with van der Waals surface area (Å²) >= 11 is 0. The summed E-state index contributed by atoms with van der Waals surface area (Å²) in [5, 5.41) is 2.99. The molecule has 1 saturated carbocycles. The number of rotatable bonds is 3. The van der Waals surface area contributed by atoms with E-state index in [9.17, 15) is 9.59 Å². The molecule has 0 bridgehead atoms. The normalized spacial score (nSPS) is 28.7. The zero-order chi connectivity index (χ0) is 15.0. The molecular formula is C16H26N2O2. The Morgan fingerprint density at radius 2 is 1.90 bits per heavy atom. The maximum absolute atomic E-state index is 12.9. The van der Waals surface area contributed by atoms with E-state index in [1.807, 2.05) is 38.7 Å². The van der Waals surface area contributed by atoms with Crippen molar-refractivity contribution in [3.63, 3.8) is 0 Å². The molecule has 2 fully saturated rings. The van der Waals surface area contributed by atoms with E-state index in [-0.39, 0.29) is 11.8 Å². The molecule has 1 atom stereocenters. The Bertz CT molecular complexity index is 445. The predicted octanol–water partition coefficient (Wildman–Crippen LogP) is 2.39. The number of nitrogens with zero attached hydrogens (tertiary/aromatic N) is 1. The second-order valence-corrected chi connectivity index (χ2v) is 6.58. The van der Waals surface area contributed by atoms with Crippen molar-refractivity contribution < 1.29 is 9.59 Å². The van der Waals surface area contributed by atoms with Crippen molar-refractivity contribution in [1.82, 2.24) is 10.2 Å². The van der Waals surface area contributed by atoms with Gasteiger partial charge in [0.15, 0.2) is 0 Å². The van der Waals surface area contributed by atoms with Crippen molar-refractivity contribution in [2.24, 2.45) is 0 Å². The summed E-state index contributed by atoms with van der Waals surface area (Å²) in [7, 11) is 0. The highest BCUT2D eigenvalue weighted by Gasteiger charge is 2.56. The van der Waals surface area contributed by atoms with Crippen LogP contribution in [-0.4, -0.2) is 34.3 Å². The van der Waals surface area contributed by atoms with Crippen LogP contribution in [0.2, 0.25) is 0 Å². The van der Waals surface area contributed by atoms with E-state index >= 15 is 0 Å². The summed E-state index contributed by atoms with van der Waals surface area (Å²) < 4.78 is 0. The molecular weight excluding hydrogens is 252 g/mol. The van der Waals surface area contributed by atoms with E-state index in [4.69, 9.17) is 0 Å². The highest BCUT2D eigenvalue weighted by atomic mass is 16.2. The van der Waals surface area contributed by atoms with Gasteiger partial charge in [-0.05, 0) is 40.0 Å². The summed E-state index contributed by atoms with van der Waals surface area (Å²) in [5.41, 5.74) is -0.173. The van der Waals surface area contributed by atoms with E-state index in [1.165, 1.54) is 5.57 Å². The lowest BCUT2D eigenvalue weighted by Gasteiger charge is -2.50. The Balaban J connectivity index is 2.39. The smallest absolute Gasteiger partial charge is 0.249 e. The third kappa shape index (κ3) is 2.25. The first kappa shape index (κ1) is 15.1. The Morgan fingerprint density at radius 3 is 2.40 bits per heavy atom. The molecule has 1 N–H and O–H groups in total. The van der Waals surface area contributed by atoms with Crippen LogP contribution in [0.3, 0.4) is 0 Å². The molecule has 0 radical (unpaired) electrons. The molecule has 2 amide bonds. The maximum Gasteiger partial charge on any atom is 0.249 e. The Labute approximate surface area is 121 Å². The van der Waals surface area contributed by atoms with Gasteiger partial charge in [0.05, 0.1) is 0 Å². The highest BCUT2D eigenvalue weighted by molar-refractivity contribution is 6.02. The van der Waals surface area contributed by atoms with Crippen LogP contribution in [0, 0.1) is 0 Å². The minimum Gasteiger partial charge on any atom is -0.340 e. The molecule has 1 unspecified atom stereocenters. The third-order valence-electron chi connectivity index (χ3n) is 4.87. The number of hydrogen-bond donors (Lipinski definition) is 1. The van der Waals surface area contributed by atoms with Gasteiger partial charge in [0, 0.05) is 6.54 Å². The zero-order valence-electron chi connectivity index (χ0n) is 13.1. The Hall–Kier alpha value is -1.32. The van der Waals surface area contributed by atoms with Crippen LogP contribution >= 0.6 is 0 Å². The molecule has 20 heavy (non-hydrogen) atoms. The van der Waals surface area contributed by atoms with Gasteiger partial charge in [-0.3, -0.25) is 9.59 Å². The summed E-state index contributed by atoms with van der Waals surface area (Å²) in [5.74, 6) is 0.111. The lowest BCUT2D eigenvalue weighted by Crippen LogP contribution is -2.74. The van der Waals surface area contributed by atoms with Crippen molar-refractivity contribution >= 4 is 11.8 Å². The number of amides is 2. The van der Waals surface area contributed by atoms with Gasteiger partial charge >= 0.3 is 0 Å². The SMILES string of the molecule is CCC1(C)NC(=O)C2(CCCC2)N(CC=C(C)C)C1=O. The number of allylic oxidation sites excluding steroid dienone is 1. The molecule has 112 valence electrons. The van der Waals surface area contributed by atoms with Crippen LogP contribution in [-0.2, 0) is 9.59 Å². The highest BCUT2D eigenvalue weighted by Crippen LogP contribution is 2.40. The first-order valence-corrected chi connectivity index (χ1v) is 7.64. The van der Waals surface area contributed by atoms with Crippen LogP contribution in [0.15, 0.2) is 11.6 Å². The third-order valence-corrected chi connectivity index (χ3v) is 4.87. The minimum atomic E-state index is -0.750. The summed E-state index contributed by atoms with van der Waals surface area (Å²) in [4.78, 5) is 27.4. The topological polar surface area (TPSA) is 49.4 Å². The molecule has 4 nitrogen and oxygen atoms in total. The van der Waals surface area contributed by atoms with Crippen molar-refractivity contribution in [2.45, 2.75) is 70.9 Å². The van der Waals surface area contributed by atoms with Crippen LogP contribution in [0.4, 0.5) is 0 Å². The predicted molar refractivity (Wildman–Crippen MR) is 79.2 cm³/mol. The van der Waals surface area contributed by atoms with Crippen LogP contribution < -0.4 is 5.32 Å². The first-order valence-electron chi connectivity index (χ1n) is 7.64. The van der Waals surface area contributed by atoms with Gasteiger partial charge in [-0.25, -0.2) is 0 Å². The second kappa shape index (κ2) is 5.23. The molecule has 1 aliphatic carbocycles. The van der Waals surface area contributed by atoms with E-state index in [0.717, 1.165) is 25.7 Å². The summed E-state index contributed by atoms with van der Waals surface area (Å²) in [6, 6.07) is 0. The second-order valence-electron chi connectivity index (χ2n) is 6.58.